The van der Waals surface area contributed by atoms with E-state index >= 15 is 0 Å². The van der Waals surface area contributed by atoms with Gasteiger partial charge in [0.2, 0.25) is 0 Å². The molecule has 0 saturated heterocycles. The Morgan fingerprint density at radius 3 is 1.33 bits per heavy atom. The molecule has 6 heteroatoms. The molecule has 0 unspecified atom stereocenters. The Morgan fingerprint density at radius 2 is 0.631 bits per heavy atom. The number of benzene rings is 12. The first-order valence-corrected chi connectivity index (χ1v) is 35.1. The molecule has 408 valence electrons. The zero-order valence-corrected chi connectivity index (χ0v) is 54.4. The predicted octanol–water partition coefficient (Wildman–Crippen LogP) is 24.2. The van der Waals surface area contributed by atoms with Crippen LogP contribution < -0.4 is 0 Å². The second-order valence-electron chi connectivity index (χ2n) is 21.4. The molecule has 0 aliphatic heterocycles. The Hall–Kier alpha value is -7.44. The van der Waals surface area contributed by atoms with E-state index in [0.29, 0.717) is 29.0 Å². The van der Waals surface area contributed by atoms with Crippen LogP contribution in [0.1, 0.15) is 33.4 Å². The Kier molecular flexibility index (Phi) is 16.3. The van der Waals surface area contributed by atoms with Crippen LogP contribution in [0.25, 0.3) is 119 Å². The molecule has 0 amide bonds. The summed E-state index contributed by atoms with van der Waals surface area (Å²) in [6.45, 7) is 13.0. The average molecular weight is 1280 g/mol. The summed E-state index contributed by atoms with van der Waals surface area (Å²) in [5.41, 5.74) is 8.23. The third kappa shape index (κ3) is 11.5. The second kappa shape index (κ2) is 24.6. The van der Waals surface area contributed by atoms with Crippen molar-refractivity contribution >= 4 is 194 Å². The van der Waals surface area contributed by atoms with E-state index < -0.39 is 0 Å². The van der Waals surface area contributed by atoms with E-state index in [2.05, 4.69) is 296 Å². The van der Waals surface area contributed by atoms with Crippen molar-refractivity contribution in [1.29, 1.82) is 0 Å². The van der Waals surface area contributed by atoms with Crippen molar-refractivity contribution in [2.45, 2.75) is 41.5 Å². The number of hydrogen-bond donors (Lipinski definition) is 0. The summed E-state index contributed by atoms with van der Waals surface area (Å²) < 4.78 is 17.3. The molecule has 0 atom stereocenters. The van der Waals surface area contributed by atoms with Crippen LogP contribution >= 0.6 is 45.3 Å². The largest absolute Gasteiger partial charge is 0.135 e. The van der Waals surface area contributed by atoms with Gasteiger partial charge in [0.1, 0.15) is 0 Å². The summed E-state index contributed by atoms with van der Waals surface area (Å²) in [5.74, 6) is 0. The molecular weight excluding hydrogens is 1220 g/mol. The summed E-state index contributed by atoms with van der Waals surface area (Å²) in [6, 6.07) is 91.8. The summed E-state index contributed by atoms with van der Waals surface area (Å²) in [4.78, 5) is 0. The minimum absolute atomic E-state index is 0.525. The van der Waals surface area contributed by atoms with Crippen LogP contribution in [0.5, 0.6) is 0 Å². The smallest absolute Gasteiger partial charge is 0.0384 e. The van der Waals surface area contributed by atoms with Crippen LogP contribution in [0.2, 0.25) is 0 Å². The first-order valence-electron chi connectivity index (χ1n) is 28.4. The van der Waals surface area contributed by atoms with Gasteiger partial charge in [-0.15, -0.1) is 45.3 Å². The minimum Gasteiger partial charge on any atom is -0.135 e. The molecule has 0 aliphatic rings. The molecule has 18 aromatic rings. The molecule has 84 heavy (non-hydrogen) atoms. The third-order valence-electron chi connectivity index (χ3n) is 15.4. The van der Waals surface area contributed by atoms with Crippen molar-refractivity contribution < 1.29 is 0 Å². The van der Waals surface area contributed by atoms with Gasteiger partial charge in [-0.2, -0.15) is 0 Å². The maximum absolute atomic E-state index is 2.31. The van der Waals surface area contributed by atoms with Crippen LogP contribution in [-0.2, 0) is 0 Å². The molecule has 6 heterocycles. The first kappa shape index (κ1) is 55.7. The van der Waals surface area contributed by atoms with Crippen LogP contribution in [0, 0.1) is 41.5 Å². The number of hydrogen-bond acceptors (Lipinski definition) is 4. The van der Waals surface area contributed by atoms with E-state index in [9.17, 15) is 0 Å². The van der Waals surface area contributed by atoms with E-state index in [1.165, 1.54) is 148 Å². The Labute approximate surface area is 518 Å². The number of thiophene rings is 4. The van der Waals surface area contributed by atoms with Gasteiger partial charge < -0.3 is 0 Å². The summed E-state index contributed by atoms with van der Waals surface area (Å²) in [6.07, 6.45) is 0. The predicted molar refractivity (Wildman–Crippen MR) is 383 cm³/mol. The maximum atomic E-state index is 2.31. The van der Waals surface area contributed by atoms with Gasteiger partial charge >= 0.3 is 177 Å². The normalized spacial score (nSPS) is 11.2. The molecule has 0 N–H and O–H groups in total. The van der Waals surface area contributed by atoms with Gasteiger partial charge in [0.15, 0.2) is 0 Å². The third-order valence-corrected chi connectivity index (χ3v) is 25.3. The summed E-state index contributed by atoms with van der Waals surface area (Å²) >= 11 is 8.56. The number of fused-ring (bicyclic) bond motifs is 18. The van der Waals surface area contributed by atoms with Crippen molar-refractivity contribution in [3.05, 3.63) is 288 Å². The maximum Gasteiger partial charge on any atom is 0.0384 e. The van der Waals surface area contributed by atoms with Gasteiger partial charge in [0.25, 0.3) is 0 Å². The molecule has 18 rings (SSSR count). The van der Waals surface area contributed by atoms with Crippen molar-refractivity contribution in [1.82, 2.24) is 0 Å². The average Bonchev–Trinajstić information content (AvgIpc) is 4.57. The molecule has 0 fully saturated rings. The fourth-order valence-electron chi connectivity index (χ4n) is 11.2. The van der Waals surface area contributed by atoms with Gasteiger partial charge in [-0.1, -0.05) is 127 Å². The van der Waals surface area contributed by atoms with Crippen LogP contribution in [0.15, 0.2) is 255 Å². The fourth-order valence-corrected chi connectivity index (χ4v) is 20.6. The zero-order chi connectivity index (χ0) is 57.3. The van der Waals surface area contributed by atoms with Crippen molar-refractivity contribution in [3.8, 4) is 0 Å². The SMILES string of the molecule is Cc1ccc2[se]c3ccccc3c2c1.Cc1ccc2c(c1)sc1ccccc12.Cc1ccc2sc3ccccc3c2c1.Cc1cccc2c1[se]c1ccccc12.Cc1cccc2c1sc1ccccc12.Cc1cccc2sc3ccccc3c12. The van der Waals surface area contributed by atoms with Crippen molar-refractivity contribution in [3.63, 3.8) is 0 Å². The molecule has 0 aliphatic carbocycles. The van der Waals surface area contributed by atoms with Gasteiger partial charge in [0.05, 0.1) is 0 Å². The molecular formula is C78H60S4Se2. The van der Waals surface area contributed by atoms with Crippen LogP contribution in [-0.4, -0.2) is 29.0 Å². The quantitative estimate of drug-likeness (QED) is 0.133. The monoisotopic (exact) mass is 1280 g/mol. The topological polar surface area (TPSA) is 0 Å². The van der Waals surface area contributed by atoms with E-state index in [1.807, 2.05) is 45.3 Å². The zero-order valence-electron chi connectivity index (χ0n) is 47.7. The molecule has 0 spiro atoms. The van der Waals surface area contributed by atoms with E-state index in [-0.39, 0.29) is 0 Å². The van der Waals surface area contributed by atoms with Gasteiger partial charge in [0, 0.05) is 80.7 Å². The van der Waals surface area contributed by atoms with Gasteiger partial charge in [-0.25, -0.2) is 0 Å². The molecule has 0 nitrogen and oxygen atoms in total. The Morgan fingerprint density at radius 1 is 0.226 bits per heavy atom. The van der Waals surface area contributed by atoms with Crippen molar-refractivity contribution in [2.75, 3.05) is 0 Å². The number of rotatable bonds is 0. The van der Waals surface area contributed by atoms with Gasteiger partial charge in [-0.3, -0.25) is 0 Å². The van der Waals surface area contributed by atoms with E-state index in [0.717, 1.165) is 0 Å². The molecule has 0 bridgehead atoms. The van der Waals surface area contributed by atoms with Crippen LogP contribution in [0.4, 0.5) is 0 Å². The number of aryl methyl sites for hydroxylation is 6. The molecule has 12 aromatic carbocycles. The first-order chi connectivity index (χ1) is 41.1. The van der Waals surface area contributed by atoms with Gasteiger partial charge in [-0.05, 0) is 92.9 Å². The molecule has 6 aromatic heterocycles. The molecule has 0 saturated carbocycles. The Bertz CT molecular complexity index is 5100. The van der Waals surface area contributed by atoms with E-state index in [1.54, 1.807) is 4.26 Å². The molecule has 0 radical (unpaired) electrons. The fraction of sp³-hybridized carbons (Fsp3) is 0.0769. The Balaban J connectivity index is 0.0000000940. The standard InChI is InChI=1S/4C13H10S.2C13H10Se/c1-9-5-4-7-11-10-6-2-3-8-12(10)14-13(9)11;1-9-5-4-8-12-13(9)10-6-2-3-7-11(10)14-12;1-9-6-7-13-11(8-9)10-4-2-3-5-12(10)14-13;1-9-6-7-11-10-4-2-3-5-12(10)14-13(11)8-9;1-9-5-4-7-11-10-6-2-3-8-12(10)14-13(9)11;1-9-6-7-13-11(8-9)10-4-2-3-5-12(10)14-13/h6*2-8H,1H3. The van der Waals surface area contributed by atoms with Crippen LogP contribution in [0.3, 0.4) is 0 Å². The van der Waals surface area contributed by atoms with Crippen molar-refractivity contribution in [2.24, 2.45) is 0 Å². The summed E-state index contributed by atoms with van der Waals surface area (Å²) in [7, 11) is 0. The summed E-state index contributed by atoms with van der Waals surface area (Å²) in [5, 5.41) is 17.0. The van der Waals surface area contributed by atoms with E-state index in [4.69, 9.17) is 0 Å². The minimum atomic E-state index is 0.525. The second-order valence-corrected chi connectivity index (χ2v) is 30.2.